The standard InChI is InChI=1S/C17H21F2N3O2/c1-22(14-5-6-15(23)21-16(14)24)12-4-2-3-11(9-12)13-7-8-20-10-17(13,18)19/h2-4,9,13-14,20H,5-8,10H2,1H3,(H,21,23,24)/t13-,14-/m1/s1. The number of nitrogens with zero attached hydrogens (tertiary/aromatic N) is 1. The van der Waals surface area contributed by atoms with Gasteiger partial charge in [-0.2, -0.15) is 0 Å². The third-order valence-electron chi connectivity index (χ3n) is 4.84. The topological polar surface area (TPSA) is 61.4 Å². The van der Waals surface area contributed by atoms with Crippen LogP contribution in [0.4, 0.5) is 14.5 Å². The van der Waals surface area contributed by atoms with E-state index in [1.807, 2.05) is 0 Å². The van der Waals surface area contributed by atoms with Crippen LogP contribution in [0.3, 0.4) is 0 Å². The molecule has 0 spiro atoms. The molecular weight excluding hydrogens is 316 g/mol. The number of imide groups is 1. The Balaban J connectivity index is 1.82. The quantitative estimate of drug-likeness (QED) is 0.823. The van der Waals surface area contributed by atoms with Gasteiger partial charge in [0.15, 0.2) is 0 Å². The molecule has 5 nitrogen and oxygen atoms in total. The Hall–Kier alpha value is -2.02. The predicted octanol–water partition coefficient (Wildman–Crippen LogP) is 1.64. The molecule has 130 valence electrons. The van der Waals surface area contributed by atoms with Gasteiger partial charge in [0.25, 0.3) is 5.92 Å². The van der Waals surface area contributed by atoms with Crippen molar-refractivity contribution in [2.75, 3.05) is 25.0 Å². The molecule has 2 atom stereocenters. The highest BCUT2D eigenvalue weighted by molar-refractivity contribution is 6.01. The number of nitrogens with one attached hydrogen (secondary N) is 2. The van der Waals surface area contributed by atoms with E-state index < -0.39 is 17.9 Å². The predicted molar refractivity (Wildman–Crippen MR) is 86.2 cm³/mol. The van der Waals surface area contributed by atoms with E-state index in [1.54, 1.807) is 36.2 Å². The van der Waals surface area contributed by atoms with Gasteiger partial charge in [0.2, 0.25) is 11.8 Å². The third kappa shape index (κ3) is 3.26. The summed E-state index contributed by atoms with van der Waals surface area (Å²) < 4.78 is 28.3. The number of likely N-dealkylation sites (N-methyl/N-ethyl adjacent to an activating group) is 1. The lowest BCUT2D eigenvalue weighted by atomic mass is 9.86. The number of piperidine rings is 2. The van der Waals surface area contributed by atoms with Crippen LogP contribution in [0.2, 0.25) is 0 Å². The van der Waals surface area contributed by atoms with Gasteiger partial charge in [0, 0.05) is 19.2 Å². The Morgan fingerprint density at radius 1 is 1.25 bits per heavy atom. The van der Waals surface area contributed by atoms with Crippen LogP contribution in [-0.4, -0.2) is 43.9 Å². The number of amides is 2. The Kier molecular flexibility index (Phi) is 4.54. The number of carbonyl (C=O) groups is 2. The maximum atomic E-state index is 14.2. The summed E-state index contributed by atoms with van der Waals surface area (Å²) in [6.07, 6.45) is 1.08. The molecule has 1 aromatic carbocycles. The molecule has 2 aliphatic heterocycles. The van der Waals surface area contributed by atoms with Gasteiger partial charge in [-0.1, -0.05) is 12.1 Å². The van der Waals surface area contributed by atoms with E-state index in [9.17, 15) is 18.4 Å². The maximum absolute atomic E-state index is 14.2. The third-order valence-corrected chi connectivity index (χ3v) is 4.84. The second kappa shape index (κ2) is 6.47. The van der Waals surface area contributed by atoms with Crippen molar-refractivity contribution < 1.29 is 18.4 Å². The largest absolute Gasteiger partial charge is 0.363 e. The van der Waals surface area contributed by atoms with E-state index in [0.717, 1.165) is 0 Å². The van der Waals surface area contributed by atoms with Gasteiger partial charge in [-0.3, -0.25) is 14.9 Å². The summed E-state index contributed by atoms with van der Waals surface area (Å²) in [6, 6.07) is 6.52. The van der Waals surface area contributed by atoms with Crippen LogP contribution in [0.25, 0.3) is 0 Å². The van der Waals surface area contributed by atoms with Crippen LogP contribution in [0.1, 0.15) is 30.7 Å². The zero-order chi connectivity index (χ0) is 17.3. The normalized spacial score (nSPS) is 26.8. The minimum Gasteiger partial charge on any atom is -0.363 e. The van der Waals surface area contributed by atoms with E-state index in [2.05, 4.69) is 10.6 Å². The van der Waals surface area contributed by atoms with Crippen molar-refractivity contribution in [2.24, 2.45) is 0 Å². The van der Waals surface area contributed by atoms with E-state index in [-0.39, 0.29) is 24.8 Å². The van der Waals surface area contributed by atoms with Gasteiger partial charge in [-0.05, 0) is 37.1 Å². The summed E-state index contributed by atoms with van der Waals surface area (Å²) in [5.41, 5.74) is 1.29. The number of anilines is 1. The number of hydrogen-bond donors (Lipinski definition) is 2. The summed E-state index contributed by atoms with van der Waals surface area (Å²) in [6.45, 7) is 0.248. The molecule has 0 saturated carbocycles. The molecule has 2 amide bonds. The van der Waals surface area contributed by atoms with Gasteiger partial charge in [-0.25, -0.2) is 8.78 Å². The number of halogens is 2. The fraction of sp³-hybridized carbons (Fsp3) is 0.529. The highest BCUT2D eigenvalue weighted by Crippen LogP contribution is 2.39. The fourth-order valence-corrected chi connectivity index (χ4v) is 3.44. The Morgan fingerprint density at radius 2 is 2.04 bits per heavy atom. The smallest absolute Gasteiger partial charge is 0.267 e. The molecule has 0 bridgehead atoms. The molecule has 0 aromatic heterocycles. The molecule has 0 aliphatic carbocycles. The molecule has 2 heterocycles. The average Bonchev–Trinajstić information content (AvgIpc) is 2.54. The second-order valence-electron chi connectivity index (χ2n) is 6.45. The lowest BCUT2D eigenvalue weighted by molar-refractivity contribution is -0.134. The molecule has 7 heteroatoms. The summed E-state index contributed by atoms with van der Waals surface area (Å²) in [7, 11) is 1.75. The van der Waals surface area contributed by atoms with E-state index in [0.29, 0.717) is 30.6 Å². The number of benzene rings is 1. The van der Waals surface area contributed by atoms with Gasteiger partial charge in [0.1, 0.15) is 6.04 Å². The van der Waals surface area contributed by atoms with Gasteiger partial charge in [-0.15, -0.1) is 0 Å². The minimum absolute atomic E-state index is 0.271. The van der Waals surface area contributed by atoms with Crippen molar-refractivity contribution in [3.05, 3.63) is 29.8 Å². The SMILES string of the molecule is CN(c1cccc([C@H]2CCNCC2(F)F)c1)[C@@H]1CCC(=O)NC1=O. The van der Waals surface area contributed by atoms with Crippen molar-refractivity contribution >= 4 is 17.5 Å². The Bertz CT molecular complexity index is 650. The number of alkyl halides is 2. The molecule has 3 rings (SSSR count). The van der Waals surface area contributed by atoms with Crippen molar-refractivity contribution in [3.63, 3.8) is 0 Å². The monoisotopic (exact) mass is 337 g/mol. The Morgan fingerprint density at radius 3 is 2.75 bits per heavy atom. The molecule has 0 unspecified atom stereocenters. The molecular formula is C17H21F2N3O2. The van der Waals surface area contributed by atoms with Crippen LogP contribution < -0.4 is 15.5 Å². The molecule has 2 N–H and O–H groups in total. The maximum Gasteiger partial charge on any atom is 0.267 e. The first-order valence-electron chi connectivity index (χ1n) is 8.13. The summed E-state index contributed by atoms with van der Waals surface area (Å²) in [5, 5.41) is 5.05. The van der Waals surface area contributed by atoms with Crippen LogP contribution in [-0.2, 0) is 9.59 Å². The second-order valence-corrected chi connectivity index (χ2v) is 6.45. The molecule has 2 saturated heterocycles. The fourth-order valence-electron chi connectivity index (χ4n) is 3.44. The average molecular weight is 337 g/mol. The Labute approximate surface area is 139 Å². The van der Waals surface area contributed by atoms with Gasteiger partial charge >= 0.3 is 0 Å². The number of hydrogen-bond acceptors (Lipinski definition) is 4. The molecule has 2 aliphatic rings. The lowest BCUT2D eigenvalue weighted by Crippen LogP contribution is -2.51. The zero-order valence-electron chi connectivity index (χ0n) is 13.5. The van der Waals surface area contributed by atoms with Crippen LogP contribution in [0.15, 0.2) is 24.3 Å². The van der Waals surface area contributed by atoms with Gasteiger partial charge in [0.05, 0.1) is 12.5 Å². The van der Waals surface area contributed by atoms with E-state index in [1.165, 1.54) is 0 Å². The highest BCUT2D eigenvalue weighted by Gasteiger charge is 2.42. The minimum atomic E-state index is -2.79. The van der Waals surface area contributed by atoms with Crippen molar-refractivity contribution in [2.45, 2.75) is 37.1 Å². The van der Waals surface area contributed by atoms with E-state index >= 15 is 0 Å². The first-order chi connectivity index (χ1) is 11.4. The van der Waals surface area contributed by atoms with Crippen molar-refractivity contribution in [1.82, 2.24) is 10.6 Å². The zero-order valence-corrected chi connectivity index (χ0v) is 13.5. The van der Waals surface area contributed by atoms with E-state index in [4.69, 9.17) is 0 Å². The molecule has 0 radical (unpaired) electrons. The first-order valence-corrected chi connectivity index (χ1v) is 8.13. The lowest BCUT2D eigenvalue weighted by Gasteiger charge is -2.34. The van der Waals surface area contributed by atoms with Crippen LogP contribution in [0.5, 0.6) is 0 Å². The van der Waals surface area contributed by atoms with Crippen LogP contribution >= 0.6 is 0 Å². The molecule has 1 aromatic rings. The van der Waals surface area contributed by atoms with Gasteiger partial charge < -0.3 is 10.2 Å². The summed E-state index contributed by atoms with van der Waals surface area (Å²) in [5.74, 6) is -4.22. The highest BCUT2D eigenvalue weighted by atomic mass is 19.3. The number of rotatable bonds is 3. The molecule has 24 heavy (non-hydrogen) atoms. The van der Waals surface area contributed by atoms with Crippen molar-refractivity contribution in [1.29, 1.82) is 0 Å². The van der Waals surface area contributed by atoms with Crippen LogP contribution in [0, 0.1) is 0 Å². The summed E-state index contributed by atoms with van der Waals surface area (Å²) in [4.78, 5) is 25.0. The number of carbonyl (C=O) groups excluding carboxylic acids is 2. The first kappa shape index (κ1) is 16.8. The molecule has 2 fully saturated rings. The van der Waals surface area contributed by atoms with Crippen molar-refractivity contribution in [3.8, 4) is 0 Å². The summed E-state index contributed by atoms with van der Waals surface area (Å²) >= 11 is 0.